The molecule has 0 radical (unpaired) electrons. The molecule has 58 valence electrons. The molecule has 6 nitrogen and oxygen atoms in total. The van der Waals surface area contributed by atoms with Crippen molar-refractivity contribution in [1.29, 1.82) is 0 Å². The van der Waals surface area contributed by atoms with E-state index in [0.29, 0.717) is 6.29 Å². The number of hydrogen-bond donors (Lipinski definition) is 2. The minimum absolute atomic E-state index is 0.0806. The van der Waals surface area contributed by atoms with E-state index in [9.17, 15) is 4.79 Å². The van der Waals surface area contributed by atoms with Gasteiger partial charge < -0.3 is 15.4 Å². The predicted octanol–water partition coefficient (Wildman–Crippen LogP) is -0.366. The van der Waals surface area contributed by atoms with E-state index in [-0.39, 0.29) is 17.4 Å². The van der Waals surface area contributed by atoms with Crippen LogP contribution in [0.1, 0.15) is 5.69 Å². The summed E-state index contributed by atoms with van der Waals surface area (Å²) in [4.78, 5) is 13.7. The third kappa shape index (κ3) is 1.34. The molecule has 0 amide bonds. The summed E-state index contributed by atoms with van der Waals surface area (Å²) in [6.07, 6.45) is 1.47. The molecule has 0 saturated heterocycles. The second kappa shape index (κ2) is 2.82. The number of aldehydes is 1. The van der Waals surface area contributed by atoms with Gasteiger partial charge in [0.25, 0.3) is 6.01 Å². The van der Waals surface area contributed by atoms with Gasteiger partial charge in [-0.05, 0) is 0 Å². The van der Waals surface area contributed by atoms with Crippen molar-refractivity contribution in [2.24, 2.45) is 5.16 Å². The molecule has 0 atom stereocenters. The van der Waals surface area contributed by atoms with E-state index in [4.69, 9.17) is 10.9 Å². The largest absolute Gasteiger partial charge is 0.432 e. The molecule has 1 heterocycles. The SMILES string of the molecule is Nc1nc(C(C=O)=NO)co1. The average molecular weight is 155 g/mol. The molecule has 0 fully saturated rings. The highest BCUT2D eigenvalue weighted by Crippen LogP contribution is 2.02. The lowest BCUT2D eigenvalue weighted by atomic mass is 10.3. The van der Waals surface area contributed by atoms with Crippen molar-refractivity contribution < 1.29 is 14.4 Å². The van der Waals surface area contributed by atoms with E-state index >= 15 is 0 Å². The lowest BCUT2D eigenvalue weighted by Gasteiger charge is -1.83. The molecule has 0 spiro atoms. The summed E-state index contributed by atoms with van der Waals surface area (Å²) in [6.45, 7) is 0. The van der Waals surface area contributed by atoms with Crippen LogP contribution in [0.2, 0.25) is 0 Å². The average Bonchev–Trinajstić information content (AvgIpc) is 2.39. The first-order valence-corrected chi connectivity index (χ1v) is 2.66. The zero-order valence-electron chi connectivity index (χ0n) is 5.39. The van der Waals surface area contributed by atoms with Crippen LogP contribution in [0.4, 0.5) is 6.01 Å². The Balaban J connectivity index is 3.00. The van der Waals surface area contributed by atoms with Crippen LogP contribution in [0.15, 0.2) is 15.8 Å². The lowest BCUT2D eigenvalue weighted by Crippen LogP contribution is -2.02. The first-order chi connectivity index (χ1) is 5.27. The van der Waals surface area contributed by atoms with Gasteiger partial charge in [0.2, 0.25) is 0 Å². The molecule has 11 heavy (non-hydrogen) atoms. The fourth-order valence-corrected chi connectivity index (χ4v) is 0.540. The Morgan fingerprint density at radius 3 is 3.00 bits per heavy atom. The highest BCUT2D eigenvalue weighted by molar-refractivity contribution is 6.35. The summed E-state index contributed by atoms with van der Waals surface area (Å²) in [5, 5.41) is 10.9. The van der Waals surface area contributed by atoms with Crippen LogP contribution in [0.25, 0.3) is 0 Å². The quantitative estimate of drug-likeness (QED) is 0.262. The number of carbonyl (C=O) groups is 1. The van der Waals surface area contributed by atoms with Crippen LogP contribution in [-0.4, -0.2) is 22.2 Å². The first kappa shape index (κ1) is 7.26. The Kier molecular flexibility index (Phi) is 1.86. The second-order valence-corrected chi connectivity index (χ2v) is 1.67. The van der Waals surface area contributed by atoms with E-state index in [1.807, 2.05) is 0 Å². The first-order valence-electron chi connectivity index (χ1n) is 2.66. The molecule has 0 aromatic carbocycles. The normalized spacial score (nSPS) is 11.5. The molecule has 0 aliphatic carbocycles. The van der Waals surface area contributed by atoms with Gasteiger partial charge in [0.05, 0.1) is 0 Å². The van der Waals surface area contributed by atoms with Crippen molar-refractivity contribution in [3.63, 3.8) is 0 Å². The number of nitrogen functional groups attached to an aromatic ring is 1. The fourth-order valence-electron chi connectivity index (χ4n) is 0.540. The van der Waals surface area contributed by atoms with Crippen LogP contribution < -0.4 is 5.73 Å². The summed E-state index contributed by atoms with van der Waals surface area (Å²) in [5.41, 5.74) is 4.99. The smallest absolute Gasteiger partial charge is 0.292 e. The molecule has 0 saturated carbocycles. The topological polar surface area (TPSA) is 102 Å². The van der Waals surface area contributed by atoms with Crippen molar-refractivity contribution in [2.45, 2.75) is 0 Å². The maximum Gasteiger partial charge on any atom is 0.292 e. The molecule has 3 N–H and O–H groups in total. The maximum atomic E-state index is 10.1. The monoisotopic (exact) mass is 155 g/mol. The van der Waals surface area contributed by atoms with Gasteiger partial charge in [-0.25, -0.2) is 0 Å². The number of nitrogens with zero attached hydrogens (tertiary/aromatic N) is 2. The van der Waals surface area contributed by atoms with Gasteiger partial charge in [0.15, 0.2) is 12.0 Å². The van der Waals surface area contributed by atoms with Gasteiger partial charge in [0.1, 0.15) is 12.0 Å². The number of anilines is 1. The Morgan fingerprint density at radius 2 is 2.64 bits per heavy atom. The molecule has 0 bridgehead atoms. The highest BCUT2D eigenvalue weighted by Gasteiger charge is 2.07. The minimum Gasteiger partial charge on any atom is -0.432 e. The molecule has 6 heteroatoms. The third-order valence-electron chi connectivity index (χ3n) is 1.00. The van der Waals surface area contributed by atoms with E-state index in [2.05, 4.69) is 14.6 Å². The Bertz CT molecular complexity index is 291. The van der Waals surface area contributed by atoms with Gasteiger partial charge in [0, 0.05) is 0 Å². The van der Waals surface area contributed by atoms with E-state index in [1.54, 1.807) is 0 Å². The Labute approximate surface area is 61.3 Å². The summed E-state index contributed by atoms with van der Waals surface area (Å²) in [5.74, 6) is 0. The van der Waals surface area contributed by atoms with Crippen molar-refractivity contribution in [2.75, 3.05) is 5.73 Å². The summed E-state index contributed by atoms with van der Waals surface area (Å²) < 4.78 is 4.56. The van der Waals surface area contributed by atoms with Gasteiger partial charge in [-0.3, -0.25) is 4.79 Å². The predicted molar refractivity (Wildman–Crippen MR) is 35.3 cm³/mol. The Morgan fingerprint density at radius 1 is 1.91 bits per heavy atom. The van der Waals surface area contributed by atoms with Crippen molar-refractivity contribution >= 4 is 18.0 Å². The van der Waals surface area contributed by atoms with Gasteiger partial charge >= 0.3 is 0 Å². The van der Waals surface area contributed by atoms with E-state index in [0.717, 1.165) is 6.26 Å². The number of oxazole rings is 1. The molecular weight excluding hydrogens is 150 g/mol. The number of nitrogens with two attached hydrogens (primary N) is 1. The number of carbonyl (C=O) groups excluding carboxylic acids is 1. The van der Waals surface area contributed by atoms with Crippen LogP contribution >= 0.6 is 0 Å². The van der Waals surface area contributed by atoms with Crippen molar-refractivity contribution in [1.82, 2.24) is 4.98 Å². The fraction of sp³-hybridized carbons (Fsp3) is 0. The molecule has 1 aromatic rings. The summed E-state index contributed by atoms with van der Waals surface area (Å²) in [6, 6.07) is -0.0806. The number of hydrogen-bond acceptors (Lipinski definition) is 6. The minimum atomic E-state index is -0.217. The van der Waals surface area contributed by atoms with Crippen molar-refractivity contribution in [3.05, 3.63) is 12.0 Å². The molecule has 1 aromatic heterocycles. The zero-order chi connectivity index (χ0) is 8.27. The zero-order valence-corrected chi connectivity index (χ0v) is 5.39. The Hall–Kier alpha value is -1.85. The lowest BCUT2D eigenvalue weighted by molar-refractivity contribution is -0.102. The summed E-state index contributed by atoms with van der Waals surface area (Å²) >= 11 is 0. The van der Waals surface area contributed by atoms with Crippen LogP contribution in [0, 0.1) is 0 Å². The number of oxime groups is 1. The van der Waals surface area contributed by atoms with Crippen LogP contribution in [0.5, 0.6) is 0 Å². The van der Waals surface area contributed by atoms with Gasteiger partial charge in [-0.2, -0.15) is 4.98 Å². The molecule has 0 aliphatic heterocycles. The van der Waals surface area contributed by atoms with E-state index in [1.165, 1.54) is 0 Å². The van der Waals surface area contributed by atoms with Crippen molar-refractivity contribution in [3.8, 4) is 0 Å². The molecule has 1 rings (SSSR count). The van der Waals surface area contributed by atoms with Gasteiger partial charge in [-0.1, -0.05) is 5.16 Å². The van der Waals surface area contributed by atoms with E-state index < -0.39 is 0 Å². The standard InChI is InChI=1S/C5H5N3O3/c6-5-7-4(2-11-5)3(1-9)8-10/h1-2,10H,(H2,6,7). The molecule has 0 aliphatic rings. The van der Waals surface area contributed by atoms with Crippen LogP contribution in [0.3, 0.4) is 0 Å². The molecule has 0 unspecified atom stereocenters. The van der Waals surface area contributed by atoms with Crippen LogP contribution in [-0.2, 0) is 4.79 Å². The number of aromatic nitrogens is 1. The van der Waals surface area contributed by atoms with Gasteiger partial charge in [-0.15, -0.1) is 0 Å². The number of rotatable bonds is 2. The highest BCUT2D eigenvalue weighted by atomic mass is 16.4. The molecular formula is C5H5N3O3. The second-order valence-electron chi connectivity index (χ2n) is 1.67. The third-order valence-corrected chi connectivity index (χ3v) is 1.00. The maximum absolute atomic E-state index is 10.1. The summed E-state index contributed by atoms with van der Waals surface area (Å²) in [7, 11) is 0.